The highest BCUT2D eigenvalue weighted by Gasteiger charge is 2.17. The average Bonchev–Trinajstić information content (AvgIpc) is 2.38. The van der Waals surface area contributed by atoms with Crippen LogP contribution in [0, 0.1) is 6.92 Å². The van der Waals surface area contributed by atoms with Gasteiger partial charge in [0.2, 0.25) is 0 Å². The molecule has 100 valence electrons. The molecule has 0 aromatic heterocycles. The van der Waals surface area contributed by atoms with Gasteiger partial charge in [0.05, 0.1) is 6.04 Å². The van der Waals surface area contributed by atoms with Gasteiger partial charge in [-0.3, -0.25) is 0 Å². The lowest BCUT2D eigenvalue weighted by atomic mass is 9.95. The molecule has 19 heavy (non-hydrogen) atoms. The van der Waals surface area contributed by atoms with E-state index >= 15 is 0 Å². The van der Waals surface area contributed by atoms with E-state index in [2.05, 4.69) is 31.3 Å². The molecule has 2 rings (SSSR count). The van der Waals surface area contributed by atoms with Gasteiger partial charge < -0.3 is 5.32 Å². The number of nitrogens with one attached hydrogen (secondary N) is 1. The van der Waals surface area contributed by atoms with Gasteiger partial charge in [-0.25, -0.2) is 0 Å². The summed E-state index contributed by atoms with van der Waals surface area (Å²) >= 11 is 12.4. The first-order chi connectivity index (χ1) is 9.13. The summed E-state index contributed by atoms with van der Waals surface area (Å²) in [7, 11) is 0. The number of halogens is 2. The molecule has 0 fully saturated rings. The first kappa shape index (κ1) is 14.4. The maximum atomic E-state index is 6.32. The summed E-state index contributed by atoms with van der Waals surface area (Å²) in [6.45, 7) is 5.04. The number of hydrogen-bond donors (Lipinski definition) is 1. The fourth-order valence-corrected chi connectivity index (χ4v) is 2.74. The molecule has 1 N–H and O–H groups in total. The largest absolute Gasteiger partial charge is 0.306 e. The standard InChI is InChI=1S/C16H17Cl2N/c1-3-19-16(14-6-4-5-7-15(14)18)13-9-8-12(17)10-11(13)2/h4-10,16,19H,3H2,1-2H3. The van der Waals surface area contributed by atoms with Crippen molar-refractivity contribution in [2.75, 3.05) is 6.54 Å². The normalized spacial score (nSPS) is 12.4. The minimum atomic E-state index is 0.0935. The van der Waals surface area contributed by atoms with E-state index < -0.39 is 0 Å². The second-order valence-electron chi connectivity index (χ2n) is 4.51. The van der Waals surface area contributed by atoms with E-state index in [-0.39, 0.29) is 6.04 Å². The van der Waals surface area contributed by atoms with Crippen molar-refractivity contribution in [1.29, 1.82) is 0 Å². The van der Waals surface area contributed by atoms with E-state index in [0.29, 0.717) is 0 Å². The number of aryl methyl sites for hydroxylation is 1. The van der Waals surface area contributed by atoms with Crippen molar-refractivity contribution >= 4 is 23.2 Å². The molecule has 1 unspecified atom stereocenters. The minimum absolute atomic E-state index is 0.0935. The summed E-state index contributed by atoms with van der Waals surface area (Å²) in [6, 6.07) is 14.0. The van der Waals surface area contributed by atoms with Gasteiger partial charge in [-0.15, -0.1) is 0 Å². The fourth-order valence-electron chi connectivity index (χ4n) is 2.26. The molecule has 2 aromatic rings. The van der Waals surface area contributed by atoms with Crippen LogP contribution in [-0.4, -0.2) is 6.54 Å². The Morgan fingerprint density at radius 3 is 2.42 bits per heavy atom. The molecule has 0 bridgehead atoms. The van der Waals surface area contributed by atoms with Gasteiger partial charge in [-0.05, 0) is 48.4 Å². The van der Waals surface area contributed by atoms with Crippen LogP contribution in [0.25, 0.3) is 0 Å². The summed E-state index contributed by atoms with van der Waals surface area (Å²) in [5, 5.41) is 5.03. The molecule has 0 saturated heterocycles. The highest BCUT2D eigenvalue weighted by Crippen LogP contribution is 2.31. The predicted octanol–water partition coefficient (Wildman–Crippen LogP) is 5.00. The predicted molar refractivity (Wildman–Crippen MR) is 83.2 cm³/mol. The Morgan fingerprint density at radius 2 is 1.79 bits per heavy atom. The maximum absolute atomic E-state index is 6.32. The quantitative estimate of drug-likeness (QED) is 0.836. The highest BCUT2D eigenvalue weighted by molar-refractivity contribution is 6.31. The molecular weight excluding hydrogens is 277 g/mol. The summed E-state index contributed by atoms with van der Waals surface area (Å²) < 4.78 is 0. The van der Waals surface area contributed by atoms with Crippen LogP contribution in [0.1, 0.15) is 29.7 Å². The molecule has 2 aromatic carbocycles. The van der Waals surface area contributed by atoms with Gasteiger partial charge in [-0.2, -0.15) is 0 Å². The van der Waals surface area contributed by atoms with Crippen LogP contribution in [0.2, 0.25) is 10.0 Å². The number of rotatable bonds is 4. The van der Waals surface area contributed by atoms with Crippen molar-refractivity contribution in [3.8, 4) is 0 Å². The molecule has 0 saturated carbocycles. The molecule has 0 amide bonds. The molecular formula is C16H17Cl2N. The van der Waals surface area contributed by atoms with Gasteiger partial charge in [0, 0.05) is 10.0 Å². The van der Waals surface area contributed by atoms with Gasteiger partial charge in [0.15, 0.2) is 0 Å². The van der Waals surface area contributed by atoms with E-state index in [0.717, 1.165) is 22.2 Å². The Balaban J connectivity index is 2.48. The fraction of sp³-hybridized carbons (Fsp3) is 0.250. The van der Waals surface area contributed by atoms with Crippen molar-refractivity contribution in [3.05, 3.63) is 69.2 Å². The van der Waals surface area contributed by atoms with E-state index in [1.165, 1.54) is 11.1 Å². The first-order valence-electron chi connectivity index (χ1n) is 6.37. The molecule has 3 heteroatoms. The summed E-state index contributed by atoms with van der Waals surface area (Å²) in [5.74, 6) is 0. The zero-order valence-electron chi connectivity index (χ0n) is 11.1. The zero-order chi connectivity index (χ0) is 13.8. The molecule has 0 spiro atoms. The lowest BCUT2D eigenvalue weighted by Crippen LogP contribution is -2.23. The summed E-state index contributed by atoms with van der Waals surface area (Å²) in [4.78, 5) is 0. The van der Waals surface area contributed by atoms with Crippen LogP contribution in [0.4, 0.5) is 0 Å². The lowest BCUT2D eigenvalue weighted by Gasteiger charge is -2.22. The van der Waals surface area contributed by atoms with Crippen LogP contribution < -0.4 is 5.32 Å². The van der Waals surface area contributed by atoms with Gasteiger partial charge in [0.1, 0.15) is 0 Å². The monoisotopic (exact) mass is 293 g/mol. The first-order valence-corrected chi connectivity index (χ1v) is 7.13. The van der Waals surface area contributed by atoms with Crippen molar-refractivity contribution in [2.24, 2.45) is 0 Å². The van der Waals surface area contributed by atoms with Gasteiger partial charge in [-0.1, -0.05) is 54.4 Å². The second-order valence-corrected chi connectivity index (χ2v) is 5.36. The Morgan fingerprint density at radius 1 is 1.05 bits per heavy atom. The van der Waals surface area contributed by atoms with Gasteiger partial charge >= 0.3 is 0 Å². The number of hydrogen-bond acceptors (Lipinski definition) is 1. The SMILES string of the molecule is CCNC(c1ccc(Cl)cc1C)c1ccccc1Cl. The maximum Gasteiger partial charge on any atom is 0.0594 e. The van der Waals surface area contributed by atoms with Gasteiger partial charge in [0.25, 0.3) is 0 Å². The summed E-state index contributed by atoms with van der Waals surface area (Å²) in [5.41, 5.74) is 3.47. The highest BCUT2D eigenvalue weighted by atomic mass is 35.5. The number of benzene rings is 2. The topological polar surface area (TPSA) is 12.0 Å². The van der Waals surface area contributed by atoms with E-state index in [1.54, 1.807) is 0 Å². The third kappa shape index (κ3) is 3.30. The molecule has 0 radical (unpaired) electrons. The van der Waals surface area contributed by atoms with Crippen LogP contribution in [0.5, 0.6) is 0 Å². The van der Waals surface area contributed by atoms with E-state index in [1.807, 2.05) is 30.3 Å². The van der Waals surface area contributed by atoms with Crippen molar-refractivity contribution in [1.82, 2.24) is 5.32 Å². The molecule has 0 aliphatic carbocycles. The van der Waals surface area contributed by atoms with Crippen molar-refractivity contribution < 1.29 is 0 Å². The minimum Gasteiger partial charge on any atom is -0.306 e. The van der Waals surface area contributed by atoms with Crippen molar-refractivity contribution in [3.63, 3.8) is 0 Å². The Bertz CT molecular complexity index is 566. The molecule has 0 heterocycles. The third-order valence-electron chi connectivity index (χ3n) is 3.17. The Labute approximate surface area is 124 Å². The van der Waals surface area contributed by atoms with E-state index in [9.17, 15) is 0 Å². The Hall–Kier alpha value is -1.02. The Kier molecular flexibility index (Phi) is 4.87. The smallest absolute Gasteiger partial charge is 0.0594 e. The lowest BCUT2D eigenvalue weighted by molar-refractivity contribution is 0.628. The third-order valence-corrected chi connectivity index (χ3v) is 3.75. The van der Waals surface area contributed by atoms with Crippen LogP contribution in [0.15, 0.2) is 42.5 Å². The van der Waals surface area contributed by atoms with Crippen LogP contribution in [0.3, 0.4) is 0 Å². The summed E-state index contributed by atoms with van der Waals surface area (Å²) in [6.07, 6.45) is 0. The van der Waals surface area contributed by atoms with Crippen LogP contribution in [-0.2, 0) is 0 Å². The zero-order valence-corrected chi connectivity index (χ0v) is 12.6. The van der Waals surface area contributed by atoms with Crippen molar-refractivity contribution in [2.45, 2.75) is 19.9 Å². The average molecular weight is 294 g/mol. The molecule has 0 aliphatic rings. The molecule has 1 nitrogen and oxygen atoms in total. The van der Waals surface area contributed by atoms with E-state index in [4.69, 9.17) is 23.2 Å². The van der Waals surface area contributed by atoms with Crippen LogP contribution >= 0.6 is 23.2 Å². The molecule has 1 atom stereocenters. The molecule has 0 aliphatic heterocycles. The second kappa shape index (κ2) is 6.42.